The van der Waals surface area contributed by atoms with Crippen LogP contribution in [0.5, 0.6) is 5.75 Å². The van der Waals surface area contributed by atoms with Gasteiger partial charge in [-0.1, -0.05) is 47.5 Å². The summed E-state index contributed by atoms with van der Waals surface area (Å²) in [5.74, 6) is -0.166. The standard InChI is InChI=1S/C24H20ClN3O5S/c1-15-9-11-19(12-10-15)34(30,31)28-27-24-20(23(29)26-18-7-4-6-17(25)14-18)13-16-5-3-8-21(32-2)22(16)33-24/h3-14,28H,1-2H3,(H,26,29)/b27-24+. The Kier molecular flexibility index (Phi) is 6.58. The number of carbonyl (C=O) groups excluding carboxylic acids is 1. The Morgan fingerprint density at radius 2 is 1.76 bits per heavy atom. The van der Waals surface area contributed by atoms with Crippen LogP contribution in [0.3, 0.4) is 0 Å². The largest absolute Gasteiger partial charge is 0.493 e. The number of hydrogen-bond acceptors (Lipinski definition) is 6. The molecular weight excluding hydrogens is 478 g/mol. The van der Waals surface area contributed by atoms with Crippen LogP contribution in [0, 0.1) is 6.92 Å². The fourth-order valence-electron chi connectivity index (χ4n) is 3.17. The molecule has 0 spiro atoms. The van der Waals surface area contributed by atoms with Gasteiger partial charge in [0.25, 0.3) is 15.9 Å². The molecule has 0 bridgehead atoms. The molecule has 34 heavy (non-hydrogen) atoms. The highest BCUT2D eigenvalue weighted by atomic mass is 35.5. The first-order chi connectivity index (χ1) is 16.3. The summed E-state index contributed by atoms with van der Waals surface area (Å²) in [5.41, 5.74) is 1.43. The number of anilines is 1. The van der Waals surface area contributed by atoms with Gasteiger partial charge in [0.1, 0.15) is 5.56 Å². The van der Waals surface area contributed by atoms with Crippen LogP contribution in [0.15, 0.2) is 87.2 Å². The van der Waals surface area contributed by atoms with Crippen molar-refractivity contribution in [1.82, 2.24) is 4.83 Å². The van der Waals surface area contributed by atoms with Crippen LogP contribution in [0.1, 0.15) is 15.9 Å². The molecule has 10 heteroatoms. The minimum Gasteiger partial charge on any atom is -0.493 e. The summed E-state index contributed by atoms with van der Waals surface area (Å²) in [6, 6.07) is 19.6. The number of nitrogens with zero attached hydrogens (tertiary/aromatic N) is 1. The quantitative estimate of drug-likeness (QED) is 0.382. The van der Waals surface area contributed by atoms with Crippen molar-refractivity contribution in [2.75, 3.05) is 12.4 Å². The maximum absolute atomic E-state index is 13.1. The molecule has 0 fully saturated rings. The smallest absolute Gasteiger partial charge is 0.276 e. The van der Waals surface area contributed by atoms with E-state index in [4.69, 9.17) is 20.8 Å². The third kappa shape index (κ3) is 5.05. The van der Waals surface area contributed by atoms with E-state index >= 15 is 0 Å². The molecule has 0 aliphatic heterocycles. The van der Waals surface area contributed by atoms with E-state index in [1.54, 1.807) is 60.7 Å². The van der Waals surface area contributed by atoms with Gasteiger partial charge >= 0.3 is 0 Å². The average Bonchev–Trinajstić information content (AvgIpc) is 2.82. The fourth-order valence-corrected chi connectivity index (χ4v) is 4.16. The number of ether oxygens (including phenoxy) is 1. The van der Waals surface area contributed by atoms with Gasteiger partial charge in [0, 0.05) is 16.1 Å². The monoisotopic (exact) mass is 497 g/mol. The zero-order chi connectivity index (χ0) is 24.3. The molecule has 0 radical (unpaired) electrons. The number of rotatable bonds is 6. The molecule has 0 saturated heterocycles. The van der Waals surface area contributed by atoms with Crippen molar-refractivity contribution in [2.45, 2.75) is 11.8 Å². The van der Waals surface area contributed by atoms with Gasteiger partial charge < -0.3 is 14.5 Å². The Balaban J connectivity index is 1.80. The molecule has 0 saturated carbocycles. The molecule has 8 nitrogen and oxygen atoms in total. The summed E-state index contributed by atoms with van der Waals surface area (Å²) in [6.45, 7) is 1.85. The number of aryl methyl sites for hydroxylation is 1. The first-order valence-corrected chi connectivity index (χ1v) is 11.9. The molecule has 1 heterocycles. The first kappa shape index (κ1) is 23.3. The highest BCUT2D eigenvalue weighted by Gasteiger charge is 2.17. The van der Waals surface area contributed by atoms with Crippen LogP contribution in [0.4, 0.5) is 5.69 Å². The van der Waals surface area contributed by atoms with Crippen molar-refractivity contribution in [1.29, 1.82) is 0 Å². The lowest BCUT2D eigenvalue weighted by Crippen LogP contribution is -2.27. The molecule has 1 amide bonds. The third-order valence-electron chi connectivity index (χ3n) is 4.88. The summed E-state index contributed by atoms with van der Waals surface area (Å²) < 4.78 is 36.6. The molecule has 1 aromatic heterocycles. The molecular formula is C24H20ClN3O5S. The van der Waals surface area contributed by atoms with Crippen LogP contribution >= 0.6 is 11.6 Å². The van der Waals surface area contributed by atoms with E-state index in [1.807, 2.05) is 6.92 Å². The molecule has 174 valence electrons. The maximum Gasteiger partial charge on any atom is 0.276 e. The minimum absolute atomic E-state index is 0.00679. The van der Waals surface area contributed by atoms with E-state index in [1.165, 1.54) is 19.2 Å². The number of hydrogen-bond donors (Lipinski definition) is 2. The van der Waals surface area contributed by atoms with Crippen LogP contribution in [-0.2, 0) is 10.0 Å². The van der Waals surface area contributed by atoms with Gasteiger partial charge in [-0.2, -0.15) is 13.2 Å². The Labute approximate surface area is 200 Å². The highest BCUT2D eigenvalue weighted by molar-refractivity contribution is 7.89. The number of halogens is 1. The SMILES string of the molecule is COc1cccc2cc(C(=O)Nc3cccc(Cl)c3)/c(=N\NS(=O)(=O)c3ccc(C)cc3)oc12. The van der Waals surface area contributed by atoms with E-state index in [-0.39, 0.29) is 16.0 Å². The number of nitrogens with one attached hydrogen (secondary N) is 2. The molecule has 4 rings (SSSR count). The summed E-state index contributed by atoms with van der Waals surface area (Å²) in [4.78, 5) is 15.3. The van der Waals surface area contributed by atoms with Crippen LogP contribution in [-0.4, -0.2) is 21.4 Å². The molecule has 4 aromatic rings. The lowest BCUT2D eigenvalue weighted by atomic mass is 10.1. The second-order valence-corrected chi connectivity index (χ2v) is 9.43. The van der Waals surface area contributed by atoms with Gasteiger partial charge in [0.15, 0.2) is 11.3 Å². The second kappa shape index (κ2) is 9.58. The van der Waals surface area contributed by atoms with Crippen LogP contribution < -0.4 is 20.4 Å². The number of methoxy groups -OCH3 is 1. The molecule has 0 aliphatic rings. The van der Waals surface area contributed by atoms with Crippen molar-refractivity contribution in [2.24, 2.45) is 5.10 Å². The molecule has 3 aromatic carbocycles. The zero-order valence-corrected chi connectivity index (χ0v) is 19.8. The summed E-state index contributed by atoms with van der Waals surface area (Å²) in [7, 11) is -2.54. The van der Waals surface area contributed by atoms with Crippen molar-refractivity contribution < 1.29 is 22.4 Å². The van der Waals surface area contributed by atoms with Crippen molar-refractivity contribution >= 4 is 44.2 Å². The van der Waals surface area contributed by atoms with Gasteiger partial charge in [-0.3, -0.25) is 4.79 Å². The van der Waals surface area contributed by atoms with Gasteiger partial charge in [-0.25, -0.2) is 0 Å². The average molecular weight is 498 g/mol. The summed E-state index contributed by atoms with van der Waals surface area (Å²) >= 11 is 6.01. The van der Waals surface area contributed by atoms with E-state index in [9.17, 15) is 13.2 Å². The predicted octanol–water partition coefficient (Wildman–Crippen LogP) is 4.45. The minimum atomic E-state index is -4.01. The molecule has 0 atom stereocenters. The van der Waals surface area contributed by atoms with Gasteiger partial charge in [0.2, 0.25) is 5.55 Å². The van der Waals surface area contributed by atoms with Crippen LogP contribution in [0.2, 0.25) is 5.02 Å². The number of carbonyl (C=O) groups is 1. The Morgan fingerprint density at radius 1 is 1.03 bits per heavy atom. The normalized spacial score (nSPS) is 11.9. The lowest BCUT2D eigenvalue weighted by Gasteiger charge is -2.09. The summed E-state index contributed by atoms with van der Waals surface area (Å²) in [5, 5.41) is 7.66. The number of benzene rings is 3. The summed E-state index contributed by atoms with van der Waals surface area (Å²) in [6.07, 6.45) is 0. The molecule has 2 N–H and O–H groups in total. The van der Waals surface area contributed by atoms with E-state index in [0.717, 1.165) is 5.56 Å². The van der Waals surface area contributed by atoms with Gasteiger partial charge in [-0.15, -0.1) is 5.10 Å². The maximum atomic E-state index is 13.1. The number of sulfonamides is 1. The molecule has 0 aliphatic carbocycles. The number of para-hydroxylation sites is 1. The fraction of sp³-hybridized carbons (Fsp3) is 0.0833. The van der Waals surface area contributed by atoms with E-state index < -0.39 is 15.9 Å². The molecule has 0 unspecified atom stereocenters. The van der Waals surface area contributed by atoms with Crippen molar-refractivity contribution in [3.63, 3.8) is 0 Å². The van der Waals surface area contributed by atoms with Crippen molar-refractivity contribution in [3.8, 4) is 5.75 Å². The number of amides is 1. The Hall–Kier alpha value is -3.82. The second-order valence-electron chi connectivity index (χ2n) is 7.33. The highest BCUT2D eigenvalue weighted by Crippen LogP contribution is 2.25. The Bertz CT molecular complexity index is 1550. The topological polar surface area (TPSA) is 110 Å². The van der Waals surface area contributed by atoms with E-state index in [0.29, 0.717) is 27.4 Å². The number of fused-ring (bicyclic) bond motifs is 1. The first-order valence-electron chi connectivity index (χ1n) is 10.1. The van der Waals surface area contributed by atoms with Gasteiger partial charge in [-0.05, 0) is 49.4 Å². The van der Waals surface area contributed by atoms with Crippen LogP contribution in [0.25, 0.3) is 11.0 Å². The zero-order valence-electron chi connectivity index (χ0n) is 18.2. The lowest BCUT2D eigenvalue weighted by molar-refractivity contribution is 0.102. The third-order valence-corrected chi connectivity index (χ3v) is 6.34. The van der Waals surface area contributed by atoms with Gasteiger partial charge in [0.05, 0.1) is 12.0 Å². The van der Waals surface area contributed by atoms with Crippen molar-refractivity contribution in [3.05, 3.63) is 94.5 Å². The Morgan fingerprint density at radius 3 is 2.47 bits per heavy atom. The van der Waals surface area contributed by atoms with E-state index in [2.05, 4.69) is 15.2 Å². The predicted molar refractivity (Wildman–Crippen MR) is 129 cm³/mol.